The SMILES string of the molecule is CC1(C)CN(C(=O)c2cc(F)c(N)c(F)c2)CC(CO)O1. The van der Waals surface area contributed by atoms with E-state index in [1.54, 1.807) is 13.8 Å². The predicted octanol–water partition coefficient (Wildman–Crippen LogP) is 1.16. The number of hydrogen-bond acceptors (Lipinski definition) is 4. The molecule has 0 radical (unpaired) electrons. The van der Waals surface area contributed by atoms with E-state index < -0.39 is 34.9 Å². The second-order valence-electron chi connectivity index (χ2n) is 5.72. The number of hydrogen-bond donors (Lipinski definition) is 2. The van der Waals surface area contributed by atoms with Crippen molar-refractivity contribution in [3.05, 3.63) is 29.3 Å². The fourth-order valence-electron chi connectivity index (χ4n) is 2.44. The minimum absolute atomic E-state index is 0.117. The van der Waals surface area contributed by atoms with E-state index in [2.05, 4.69) is 0 Å². The van der Waals surface area contributed by atoms with Crippen LogP contribution in [0.4, 0.5) is 14.5 Å². The Morgan fingerprint density at radius 1 is 1.48 bits per heavy atom. The summed E-state index contributed by atoms with van der Waals surface area (Å²) in [6.45, 7) is 3.73. The molecule has 1 aromatic carbocycles. The number of carbonyl (C=O) groups excluding carboxylic acids is 1. The molecule has 0 aromatic heterocycles. The maximum atomic E-state index is 13.5. The number of benzene rings is 1. The van der Waals surface area contributed by atoms with Crippen molar-refractivity contribution in [3.63, 3.8) is 0 Å². The Labute approximate surface area is 121 Å². The number of rotatable bonds is 2. The molecule has 1 aromatic rings. The van der Waals surface area contributed by atoms with Crippen molar-refractivity contribution in [2.75, 3.05) is 25.4 Å². The number of carbonyl (C=O) groups is 1. The van der Waals surface area contributed by atoms with Gasteiger partial charge >= 0.3 is 0 Å². The molecule has 7 heteroatoms. The van der Waals surface area contributed by atoms with Crippen LogP contribution in [0.5, 0.6) is 0 Å². The molecule has 1 heterocycles. The summed E-state index contributed by atoms with van der Waals surface area (Å²) in [5.74, 6) is -2.46. The monoisotopic (exact) mass is 300 g/mol. The quantitative estimate of drug-likeness (QED) is 0.804. The largest absolute Gasteiger partial charge is 0.394 e. The molecule has 3 N–H and O–H groups in total. The number of morpholine rings is 1. The molecule has 116 valence electrons. The zero-order valence-corrected chi connectivity index (χ0v) is 11.9. The number of aliphatic hydroxyl groups excluding tert-OH is 1. The first kappa shape index (κ1) is 15.7. The first-order chi connectivity index (χ1) is 9.73. The average Bonchev–Trinajstić information content (AvgIpc) is 2.41. The lowest BCUT2D eigenvalue weighted by Gasteiger charge is -2.42. The van der Waals surface area contributed by atoms with Crippen LogP contribution in [-0.2, 0) is 4.74 Å². The summed E-state index contributed by atoms with van der Waals surface area (Å²) < 4.78 is 32.5. The molecule has 2 rings (SSSR count). The molecule has 0 spiro atoms. The van der Waals surface area contributed by atoms with Crippen LogP contribution in [0.25, 0.3) is 0 Å². The molecule has 1 saturated heterocycles. The van der Waals surface area contributed by atoms with Gasteiger partial charge < -0.3 is 20.5 Å². The number of halogens is 2. The molecule has 1 amide bonds. The molecule has 1 atom stereocenters. The van der Waals surface area contributed by atoms with Crippen molar-refractivity contribution in [3.8, 4) is 0 Å². The third-order valence-electron chi connectivity index (χ3n) is 3.30. The molecule has 1 aliphatic heterocycles. The van der Waals surface area contributed by atoms with Gasteiger partial charge in [-0.05, 0) is 26.0 Å². The van der Waals surface area contributed by atoms with Gasteiger partial charge in [0.1, 0.15) is 17.3 Å². The Hall–Kier alpha value is -1.73. The van der Waals surface area contributed by atoms with Crippen molar-refractivity contribution < 1.29 is 23.4 Å². The lowest BCUT2D eigenvalue weighted by Crippen LogP contribution is -2.55. The molecule has 5 nitrogen and oxygen atoms in total. The smallest absolute Gasteiger partial charge is 0.254 e. The highest BCUT2D eigenvalue weighted by atomic mass is 19.1. The second kappa shape index (κ2) is 5.57. The minimum Gasteiger partial charge on any atom is -0.394 e. The molecule has 0 saturated carbocycles. The normalized spacial score (nSPS) is 21.4. The van der Waals surface area contributed by atoms with Gasteiger partial charge in [0.2, 0.25) is 0 Å². The van der Waals surface area contributed by atoms with Crippen LogP contribution in [0.1, 0.15) is 24.2 Å². The van der Waals surface area contributed by atoms with Crippen LogP contribution in [0.3, 0.4) is 0 Å². The van der Waals surface area contributed by atoms with Gasteiger partial charge in [-0.3, -0.25) is 4.79 Å². The maximum Gasteiger partial charge on any atom is 0.254 e. The average molecular weight is 300 g/mol. The molecule has 0 aliphatic carbocycles. The van der Waals surface area contributed by atoms with E-state index in [1.165, 1.54) is 4.90 Å². The van der Waals surface area contributed by atoms with Gasteiger partial charge in [-0.15, -0.1) is 0 Å². The number of nitrogen functional groups attached to an aromatic ring is 1. The Morgan fingerprint density at radius 2 is 2.05 bits per heavy atom. The fourth-order valence-corrected chi connectivity index (χ4v) is 2.44. The third kappa shape index (κ3) is 3.30. The second-order valence-corrected chi connectivity index (χ2v) is 5.72. The zero-order chi connectivity index (χ0) is 15.8. The van der Waals surface area contributed by atoms with Gasteiger partial charge in [0.05, 0.1) is 18.3 Å². The molecule has 21 heavy (non-hydrogen) atoms. The standard InChI is InChI=1S/C14H18F2N2O3/c1-14(2)7-18(5-9(6-19)21-14)13(20)8-3-10(15)12(17)11(16)4-8/h3-4,9,19H,5-7,17H2,1-2H3. The number of nitrogens with zero attached hydrogens (tertiary/aromatic N) is 1. The summed E-state index contributed by atoms with van der Waals surface area (Å²) in [6, 6.07) is 1.83. The van der Waals surface area contributed by atoms with Crippen LogP contribution >= 0.6 is 0 Å². The van der Waals surface area contributed by atoms with Gasteiger partial charge in [-0.1, -0.05) is 0 Å². The molecule has 0 bridgehead atoms. The Bertz CT molecular complexity index is 540. The molecule has 1 unspecified atom stereocenters. The van der Waals surface area contributed by atoms with Crippen molar-refractivity contribution >= 4 is 11.6 Å². The number of anilines is 1. The van der Waals surface area contributed by atoms with E-state index in [-0.39, 0.29) is 25.3 Å². The first-order valence-corrected chi connectivity index (χ1v) is 6.56. The van der Waals surface area contributed by atoms with E-state index in [1.807, 2.05) is 0 Å². The van der Waals surface area contributed by atoms with E-state index in [0.717, 1.165) is 12.1 Å². The Kier molecular flexibility index (Phi) is 4.15. The molecule has 1 fully saturated rings. The summed E-state index contributed by atoms with van der Waals surface area (Å²) >= 11 is 0. The molecular formula is C14H18F2N2O3. The number of ether oxygens (including phenoxy) is 1. The Morgan fingerprint density at radius 3 is 2.57 bits per heavy atom. The summed E-state index contributed by atoms with van der Waals surface area (Å²) in [4.78, 5) is 13.8. The third-order valence-corrected chi connectivity index (χ3v) is 3.30. The lowest BCUT2D eigenvalue weighted by atomic mass is 10.0. The van der Waals surface area contributed by atoms with Crippen LogP contribution in [-0.4, -0.2) is 47.3 Å². The van der Waals surface area contributed by atoms with Gasteiger partial charge in [0, 0.05) is 18.7 Å². The van der Waals surface area contributed by atoms with Crippen molar-refractivity contribution in [2.45, 2.75) is 25.6 Å². The number of amides is 1. The zero-order valence-electron chi connectivity index (χ0n) is 11.9. The van der Waals surface area contributed by atoms with E-state index in [0.29, 0.717) is 0 Å². The number of nitrogens with two attached hydrogens (primary N) is 1. The van der Waals surface area contributed by atoms with Crippen LogP contribution in [0.15, 0.2) is 12.1 Å². The van der Waals surface area contributed by atoms with Crippen molar-refractivity contribution in [1.82, 2.24) is 4.90 Å². The van der Waals surface area contributed by atoms with Gasteiger partial charge in [-0.25, -0.2) is 8.78 Å². The van der Waals surface area contributed by atoms with Crippen molar-refractivity contribution in [1.29, 1.82) is 0 Å². The van der Waals surface area contributed by atoms with E-state index >= 15 is 0 Å². The van der Waals surface area contributed by atoms with E-state index in [9.17, 15) is 18.7 Å². The summed E-state index contributed by atoms with van der Waals surface area (Å²) in [6.07, 6.45) is -0.527. The van der Waals surface area contributed by atoms with E-state index in [4.69, 9.17) is 10.5 Å². The fraction of sp³-hybridized carbons (Fsp3) is 0.500. The maximum absolute atomic E-state index is 13.5. The van der Waals surface area contributed by atoms with Crippen molar-refractivity contribution in [2.24, 2.45) is 0 Å². The van der Waals surface area contributed by atoms with Gasteiger partial charge in [0.25, 0.3) is 5.91 Å². The highest BCUT2D eigenvalue weighted by molar-refractivity contribution is 5.94. The molecule has 1 aliphatic rings. The van der Waals surface area contributed by atoms with Crippen LogP contribution in [0.2, 0.25) is 0 Å². The Balaban J connectivity index is 2.27. The summed E-state index contributed by atoms with van der Waals surface area (Å²) in [7, 11) is 0. The van der Waals surface area contributed by atoms with Crippen LogP contribution < -0.4 is 5.73 Å². The highest BCUT2D eigenvalue weighted by Gasteiger charge is 2.35. The van der Waals surface area contributed by atoms with Crippen LogP contribution in [0, 0.1) is 11.6 Å². The lowest BCUT2D eigenvalue weighted by molar-refractivity contribution is -0.139. The predicted molar refractivity (Wildman–Crippen MR) is 72.7 cm³/mol. The van der Waals surface area contributed by atoms with Gasteiger partial charge in [0.15, 0.2) is 0 Å². The molecular weight excluding hydrogens is 282 g/mol. The first-order valence-electron chi connectivity index (χ1n) is 6.56. The topological polar surface area (TPSA) is 75.8 Å². The number of aliphatic hydroxyl groups is 1. The minimum atomic E-state index is -0.968. The summed E-state index contributed by atoms with van der Waals surface area (Å²) in [5.41, 5.74) is 3.82. The summed E-state index contributed by atoms with van der Waals surface area (Å²) in [5, 5.41) is 9.22. The highest BCUT2D eigenvalue weighted by Crippen LogP contribution is 2.24. The van der Waals surface area contributed by atoms with Gasteiger partial charge in [-0.2, -0.15) is 0 Å².